The molecule has 0 aliphatic rings. The summed E-state index contributed by atoms with van der Waals surface area (Å²) in [5.74, 6) is 1.68. The molecule has 0 bridgehead atoms. The molecule has 1 unspecified atom stereocenters. The first-order chi connectivity index (χ1) is 9.70. The van der Waals surface area contributed by atoms with Crippen LogP contribution in [0.25, 0.3) is 0 Å². The smallest absolute Gasteiger partial charge is 0.177 e. The van der Waals surface area contributed by atoms with Crippen molar-refractivity contribution in [2.75, 3.05) is 17.3 Å². The lowest BCUT2D eigenvalue weighted by Crippen LogP contribution is -2.11. The summed E-state index contributed by atoms with van der Waals surface area (Å²) in [7, 11) is -3.34. The Bertz CT molecular complexity index is 763. The topological polar surface area (TPSA) is 85.3 Å². The van der Waals surface area contributed by atoms with Crippen LogP contribution in [0.5, 0.6) is 0 Å². The lowest BCUT2D eigenvalue weighted by molar-refractivity contribution is 0.500. The minimum Gasteiger partial charge on any atom is -0.466 e. The molecule has 1 aromatic heterocycles. The van der Waals surface area contributed by atoms with E-state index in [1.165, 1.54) is 6.07 Å². The summed E-state index contributed by atoms with van der Waals surface area (Å²) in [5.41, 5.74) is 7.84. The summed E-state index contributed by atoms with van der Waals surface area (Å²) in [4.78, 5) is 0.139. The quantitative estimate of drug-likeness (QED) is 0.848. The van der Waals surface area contributed by atoms with Crippen LogP contribution < -0.4 is 11.1 Å². The number of aryl methyl sites for hydroxylation is 2. The molecular formula is C15H20N2O3S. The van der Waals surface area contributed by atoms with Crippen LogP contribution in [-0.2, 0) is 9.84 Å². The van der Waals surface area contributed by atoms with Crippen LogP contribution in [0.1, 0.15) is 30.0 Å². The van der Waals surface area contributed by atoms with E-state index in [1.54, 1.807) is 12.1 Å². The molecule has 1 aromatic carbocycles. The molecule has 3 N–H and O–H groups in total. The van der Waals surface area contributed by atoms with E-state index in [1.807, 2.05) is 26.8 Å². The fraction of sp³-hybridized carbons (Fsp3) is 0.333. The van der Waals surface area contributed by atoms with Crippen molar-refractivity contribution in [1.29, 1.82) is 0 Å². The molecule has 0 radical (unpaired) electrons. The molecule has 0 aliphatic carbocycles. The highest BCUT2D eigenvalue weighted by atomic mass is 32.2. The number of nitrogen functional groups attached to an aromatic ring is 1. The molecular weight excluding hydrogens is 288 g/mol. The zero-order valence-electron chi connectivity index (χ0n) is 12.6. The van der Waals surface area contributed by atoms with Gasteiger partial charge in [-0.1, -0.05) is 6.07 Å². The molecule has 0 aliphatic heterocycles. The molecule has 1 heterocycles. The number of sulfone groups is 1. The monoisotopic (exact) mass is 308 g/mol. The first-order valence-corrected chi connectivity index (χ1v) is 8.51. The minimum absolute atomic E-state index is 0.0421. The van der Waals surface area contributed by atoms with Gasteiger partial charge in [-0.25, -0.2) is 8.42 Å². The van der Waals surface area contributed by atoms with Crippen LogP contribution in [0.2, 0.25) is 0 Å². The number of nitrogens with one attached hydrogen (secondary N) is 1. The largest absolute Gasteiger partial charge is 0.466 e. The van der Waals surface area contributed by atoms with Gasteiger partial charge in [-0.2, -0.15) is 0 Å². The van der Waals surface area contributed by atoms with Gasteiger partial charge in [-0.05, 0) is 39.0 Å². The maximum atomic E-state index is 11.7. The van der Waals surface area contributed by atoms with E-state index in [0.717, 1.165) is 23.3 Å². The molecule has 6 heteroatoms. The number of anilines is 2. The van der Waals surface area contributed by atoms with Crippen molar-refractivity contribution in [3.8, 4) is 0 Å². The molecule has 114 valence electrons. The van der Waals surface area contributed by atoms with Gasteiger partial charge < -0.3 is 15.5 Å². The van der Waals surface area contributed by atoms with Crippen molar-refractivity contribution in [3.05, 3.63) is 41.3 Å². The number of hydrogen-bond donors (Lipinski definition) is 2. The van der Waals surface area contributed by atoms with E-state index in [2.05, 4.69) is 5.32 Å². The lowest BCUT2D eigenvalue weighted by atomic mass is 10.1. The third kappa shape index (κ3) is 3.21. The van der Waals surface area contributed by atoms with E-state index >= 15 is 0 Å². The van der Waals surface area contributed by atoms with Gasteiger partial charge in [-0.15, -0.1) is 0 Å². The predicted molar refractivity (Wildman–Crippen MR) is 84.2 cm³/mol. The van der Waals surface area contributed by atoms with Crippen molar-refractivity contribution in [2.24, 2.45) is 0 Å². The maximum absolute atomic E-state index is 11.7. The van der Waals surface area contributed by atoms with Gasteiger partial charge in [0.05, 0.1) is 22.3 Å². The van der Waals surface area contributed by atoms with E-state index < -0.39 is 9.84 Å². The number of rotatable bonds is 4. The molecule has 2 aromatic rings. The normalized spacial score (nSPS) is 13.1. The second-order valence-corrected chi connectivity index (χ2v) is 7.21. The van der Waals surface area contributed by atoms with Crippen LogP contribution in [0.3, 0.4) is 0 Å². The molecule has 0 saturated carbocycles. The van der Waals surface area contributed by atoms with Gasteiger partial charge in [0, 0.05) is 11.8 Å². The van der Waals surface area contributed by atoms with Gasteiger partial charge in [0.2, 0.25) is 0 Å². The highest BCUT2D eigenvalue weighted by Gasteiger charge is 2.17. The van der Waals surface area contributed by atoms with Crippen molar-refractivity contribution in [2.45, 2.75) is 31.7 Å². The Morgan fingerprint density at radius 3 is 2.48 bits per heavy atom. The fourth-order valence-electron chi connectivity index (χ4n) is 2.38. The van der Waals surface area contributed by atoms with Gasteiger partial charge >= 0.3 is 0 Å². The Kier molecular flexibility index (Phi) is 4.00. The van der Waals surface area contributed by atoms with Crippen LogP contribution in [0.4, 0.5) is 11.4 Å². The van der Waals surface area contributed by atoms with Gasteiger partial charge in [-0.3, -0.25) is 0 Å². The van der Waals surface area contributed by atoms with Crippen molar-refractivity contribution < 1.29 is 12.8 Å². The Morgan fingerprint density at radius 1 is 1.29 bits per heavy atom. The predicted octanol–water partition coefficient (Wildman–Crippen LogP) is 3.06. The second kappa shape index (κ2) is 5.44. The van der Waals surface area contributed by atoms with Crippen molar-refractivity contribution in [3.63, 3.8) is 0 Å². The van der Waals surface area contributed by atoms with Crippen LogP contribution in [-0.4, -0.2) is 14.7 Å². The van der Waals surface area contributed by atoms with Gasteiger partial charge in [0.15, 0.2) is 9.84 Å². The zero-order valence-corrected chi connectivity index (χ0v) is 13.4. The summed E-state index contributed by atoms with van der Waals surface area (Å²) < 4.78 is 28.9. The number of nitrogens with two attached hydrogens (primary N) is 1. The Labute approximate surface area is 125 Å². The van der Waals surface area contributed by atoms with Gasteiger partial charge in [0.1, 0.15) is 11.5 Å². The summed E-state index contributed by atoms with van der Waals surface area (Å²) in [6.07, 6.45) is 1.15. The standard InChI is InChI=1S/C15H20N2O3S/c1-9-8-12(11(3)20-9)10(2)17-13-6-5-7-14(15(13)16)21(4,18)19/h5-8,10,17H,16H2,1-4H3. The van der Waals surface area contributed by atoms with Crippen LogP contribution in [0, 0.1) is 13.8 Å². The highest BCUT2D eigenvalue weighted by Crippen LogP contribution is 2.31. The number of benzene rings is 1. The first kappa shape index (κ1) is 15.4. The molecule has 21 heavy (non-hydrogen) atoms. The molecule has 2 rings (SSSR count). The summed E-state index contributed by atoms with van der Waals surface area (Å²) in [6, 6.07) is 6.87. The van der Waals surface area contributed by atoms with E-state index in [0.29, 0.717) is 5.69 Å². The Morgan fingerprint density at radius 2 is 1.95 bits per heavy atom. The summed E-state index contributed by atoms with van der Waals surface area (Å²) in [6.45, 7) is 5.77. The molecule has 1 atom stereocenters. The molecule has 0 amide bonds. The fourth-order valence-corrected chi connectivity index (χ4v) is 3.22. The van der Waals surface area contributed by atoms with E-state index in [-0.39, 0.29) is 16.6 Å². The maximum Gasteiger partial charge on any atom is 0.177 e. The first-order valence-electron chi connectivity index (χ1n) is 6.62. The number of hydrogen-bond acceptors (Lipinski definition) is 5. The minimum atomic E-state index is -3.34. The van der Waals surface area contributed by atoms with E-state index in [4.69, 9.17) is 10.2 Å². The Balaban J connectivity index is 2.34. The average Bonchev–Trinajstić information content (AvgIpc) is 2.69. The second-order valence-electron chi connectivity index (χ2n) is 5.22. The SMILES string of the molecule is Cc1cc(C(C)Nc2cccc(S(C)(=O)=O)c2N)c(C)o1. The molecule has 0 spiro atoms. The van der Waals surface area contributed by atoms with Gasteiger partial charge in [0.25, 0.3) is 0 Å². The van der Waals surface area contributed by atoms with Crippen LogP contribution >= 0.6 is 0 Å². The van der Waals surface area contributed by atoms with Crippen molar-refractivity contribution in [1.82, 2.24) is 0 Å². The Hall–Kier alpha value is -1.95. The third-order valence-electron chi connectivity index (χ3n) is 3.38. The highest BCUT2D eigenvalue weighted by molar-refractivity contribution is 7.90. The average molecular weight is 308 g/mol. The van der Waals surface area contributed by atoms with Crippen molar-refractivity contribution >= 4 is 21.2 Å². The third-order valence-corrected chi connectivity index (χ3v) is 4.54. The lowest BCUT2D eigenvalue weighted by Gasteiger charge is -2.17. The zero-order chi connectivity index (χ0) is 15.8. The summed E-state index contributed by atoms with van der Waals surface area (Å²) in [5, 5.41) is 3.24. The number of para-hydroxylation sites is 1. The molecule has 0 fully saturated rings. The molecule has 0 saturated heterocycles. The molecule has 5 nitrogen and oxygen atoms in total. The summed E-state index contributed by atoms with van der Waals surface area (Å²) >= 11 is 0. The van der Waals surface area contributed by atoms with Crippen LogP contribution in [0.15, 0.2) is 33.6 Å². The number of furan rings is 1. The van der Waals surface area contributed by atoms with E-state index in [9.17, 15) is 8.42 Å².